The highest BCUT2D eigenvalue weighted by molar-refractivity contribution is 14.0. The van der Waals surface area contributed by atoms with Crippen LogP contribution >= 0.6 is 24.0 Å². The summed E-state index contributed by atoms with van der Waals surface area (Å²) in [6.45, 7) is 5.56. The third kappa shape index (κ3) is 7.92. The zero-order chi connectivity index (χ0) is 22.6. The van der Waals surface area contributed by atoms with E-state index in [1.54, 1.807) is 39.5 Å². The van der Waals surface area contributed by atoms with Gasteiger partial charge in [0.15, 0.2) is 29.0 Å². The molecule has 9 heteroatoms. The molecule has 1 atom stereocenters. The standard InChI is InChI=1S/C23H32FN3O4.HI/c1-6-17(31-19-11-9-8-10-18(19)24)15-27-23(25-7-2)26-14-16-12-20(28-3)22(30-5)21(13-16)29-4;/h8-13,17H,6-7,14-15H2,1-5H3,(H2,25,26,27);1H. The number of halogens is 2. The first-order valence-corrected chi connectivity index (χ1v) is 10.3. The number of hydrogen-bond acceptors (Lipinski definition) is 5. The molecule has 0 amide bonds. The molecule has 178 valence electrons. The first-order chi connectivity index (χ1) is 15.1. The van der Waals surface area contributed by atoms with Crippen molar-refractivity contribution < 1.29 is 23.3 Å². The maximum atomic E-state index is 13.9. The van der Waals surface area contributed by atoms with Gasteiger partial charge in [-0.15, -0.1) is 24.0 Å². The summed E-state index contributed by atoms with van der Waals surface area (Å²) in [6.07, 6.45) is 0.509. The zero-order valence-electron chi connectivity index (χ0n) is 19.2. The van der Waals surface area contributed by atoms with Gasteiger partial charge in [0, 0.05) is 6.54 Å². The number of ether oxygens (including phenoxy) is 4. The topological polar surface area (TPSA) is 73.3 Å². The molecule has 0 fully saturated rings. The smallest absolute Gasteiger partial charge is 0.203 e. The van der Waals surface area contributed by atoms with Gasteiger partial charge in [0.2, 0.25) is 5.75 Å². The molecule has 2 rings (SSSR count). The monoisotopic (exact) mass is 561 g/mol. The molecule has 0 aliphatic carbocycles. The molecule has 2 aromatic carbocycles. The van der Waals surface area contributed by atoms with Crippen LogP contribution in [0.3, 0.4) is 0 Å². The molecule has 2 aromatic rings. The summed E-state index contributed by atoms with van der Waals surface area (Å²) in [5, 5.41) is 6.48. The minimum absolute atomic E-state index is 0. The SMILES string of the molecule is CCNC(=NCc1cc(OC)c(OC)c(OC)c1)NCC(CC)Oc1ccccc1F.I. The normalized spacial score (nSPS) is 11.8. The van der Waals surface area contributed by atoms with Crippen molar-refractivity contribution in [1.29, 1.82) is 0 Å². The fraction of sp³-hybridized carbons (Fsp3) is 0.435. The number of benzene rings is 2. The van der Waals surface area contributed by atoms with Gasteiger partial charge in [-0.3, -0.25) is 0 Å². The average Bonchev–Trinajstić information content (AvgIpc) is 2.80. The van der Waals surface area contributed by atoms with E-state index in [9.17, 15) is 4.39 Å². The summed E-state index contributed by atoms with van der Waals surface area (Å²) >= 11 is 0. The Hall–Kier alpha value is -2.43. The molecule has 0 spiro atoms. The van der Waals surface area contributed by atoms with Gasteiger partial charge < -0.3 is 29.6 Å². The van der Waals surface area contributed by atoms with Crippen molar-refractivity contribution in [3.63, 3.8) is 0 Å². The Labute approximate surface area is 206 Å². The number of guanidine groups is 1. The van der Waals surface area contributed by atoms with Crippen molar-refractivity contribution in [2.24, 2.45) is 4.99 Å². The molecular weight excluding hydrogens is 528 g/mol. The molecule has 0 aliphatic rings. The van der Waals surface area contributed by atoms with Gasteiger partial charge in [-0.2, -0.15) is 0 Å². The van der Waals surface area contributed by atoms with Gasteiger partial charge in [0.1, 0.15) is 6.10 Å². The predicted octanol–water partition coefficient (Wildman–Crippen LogP) is 4.38. The zero-order valence-corrected chi connectivity index (χ0v) is 21.6. The van der Waals surface area contributed by atoms with Crippen LogP contribution in [0.4, 0.5) is 4.39 Å². The van der Waals surface area contributed by atoms with E-state index in [0.29, 0.717) is 49.3 Å². The third-order valence-electron chi connectivity index (χ3n) is 4.57. The highest BCUT2D eigenvalue weighted by atomic mass is 127. The quantitative estimate of drug-likeness (QED) is 0.241. The van der Waals surface area contributed by atoms with E-state index in [-0.39, 0.29) is 41.6 Å². The molecule has 1 unspecified atom stereocenters. The Morgan fingerprint density at radius 2 is 1.62 bits per heavy atom. The van der Waals surface area contributed by atoms with E-state index in [0.717, 1.165) is 5.56 Å². The van der Waals surface area contributed by atoms with Gasteiger partial charge in [-0.25, -0.2) is 9.38 Å². The van der Waals surface area contributed by atoms with Gasteiger partial charge in [-0.05, 0) is 43.2 Å². The fourth-order valence-corrected chi connectivity index (χ4v) is 2.94. The lowest BCUT2D eigenvalue weighted by Crippen LogP contribution is -2.42. The number of methoxy groups -OCH3 is 3. The van der Waals surface area contributed by atoms with Crippen LogP contribution < -0.4 is 29.6 Å². The molecule has 0 bridgehead atoms. The van der Waals surface area contributed by atoms with Crippen molar-refractivity contribution in [2.75, 3.05) is 34.4 Å². The van der Waals surface area contributed by atoms with E-state index in [1.165, 1.54) is 6.07 Å². The van der Waals surface area contributed by atoms with Crippen LogP contribution in [-0.2, 0) is 6.54 Å². The van der Waals surface area contributed by atoms with Crippen LogP contribution in [-0.4, -0.2) is 46.5 Å². The lowest BCUT2D eigenvalue weighted by molar-refractivity contribution is 0.191. The fourth-order valence-electron chi connectivity index (χ4n) is 2.94. The van der Waals surface area contributed by atoms with E-state index in [2.05, 4.69) is 15.6 Å². The first-order valence-electron chi connectivity index (χ1n) is 10.3. The largest absolute Gasteiger partial charge is 0.493 e. The van der Waals surface area contributed by atoms with Crippen LogP contribution in [0.15, 0.2) is 41.4 Å². The van der Waals surface area contributed by atoms with Gasteiger partial charge in [0.25, 0.3) is 0 Å². The van der Waals surface area contributed by atoms with Crippen LogP contribution in [0.5, 0.6) is 23.0 Å². The number of nitrogens with zero attached hydrogens (tertiary/aromatic N) is 1. The average molecular weight is 561 g/mol. The van der Waals surface area contributed by atoms with Gasteiger partial charge >= 0.3 is 0 Å². The summed E-state index contributed by atoms with van der Waals surface area (Å²) in [4.78, 5) is 4.63. The second-order valence-electron chi connectivity index (χ2n) is 6.69. The molecule has 7 nitrogen and oxygen atoms in total. The second kappa shape index (κ2) is 14.6. The summed E-state index contributed by atoms with van der Waals surface area (Å²) in [7, 11) is 4.73. The Kier molecular flexibility index (Phi) is 12.6. The van der Waals surface area contributed by atoms with Crippen molar-refractivity contribution in [3.05, 3.63) is 47.8 Å². The third-order valence-corrected chi connectivity index (χ3v) is 4.57. The van der Waals surface area contributed by atoms with Crippen molar-refractivity contribution in [1.82, 2.24) is 10.6 Å². The Bertz CT molecular complexity index is 842. The summed E-state index contributed by atoms with van der Waals surface area (Å²) in [5.41, 5.74) is 0.904. The predicted molar refractivity (Wildman–Crippen MR) is 135 cm³/mol. The highest BCUT2D eigenvalue weighted by Gasteiger charge is 2.14. The first kappa shape index (κ1) is 27.6. The molecule has 32 heavy (non-hydrogen) atoms. The maximum Gasteiger partial charge on any atom is 0.203 e. The number of aliphatic imine (C=N–C) groups is 1. The van der Waals surface area contributed by atoms with Crippen LogP contribution in [0.1, 0.15) is 25.8 Å². The Morgan fingerprint density at radius 1 is 0.969 bits per heavy atom. The highest BCUT2D eigenvalue weighted by Crippen LogP contribution is 2.38. The maximum absolute atomic E-state index is 13.9. The number of nitrogens with one attached hydrogen (secondary N) is 2. The molecule has 0 saturated carbocycles. The minimum atomic E-state index is -0.371. The molecule has 0 aromatic heterocycles. The van der Waals surface area contributed by atoms with Gasteiger partial charge in [-0.1, -0.05) is 19.1 Å². The van der Waals surface area contributed by atoms with E-state index < -0.39 is 0 Å². The van der Waals surface area contributed by atoms with Crippen molar-refractivity contribution >= 4 is 29.9 Å². The van der Waals surface area contributed by atoms with Crippen molar-refractivity contribution in [3.8, 4) is 23.0 Å². The number of para-hydroxylation sites is 1. The molecule has 0 heterocycles. The summed E-state index contributed by atoms with van der Waals surface area (Å²) in [6, 6.07) is 10.1. The van der Waals surface area contributed by atoms with Crippen LogP contribution in [0.25, 0.3) is 0 Å². The lowest BCUT2D eigenvalue weighted by Gasteiger charge is -2.20. The Balaban J connectivity index is 0.00000512. The minimum Gasteiger partial charge on any atom is -0.493 e. The second-order valence-corrected chi connectivity index (χ2v) is 6.69. The Morgan fingerprint density at radius 3 is 2.16 bits per heavy atom. The van der Waals surface area contributed by atoms with E-state index in [4.69, 9.17) is 18.9 Å². The van der Waals surface area contributed by atoms with E-state index >= 15 is 0 Å². The molecule has 0 radical (unpaired) electrons. The van der Waals surface area contributed by atoms with E-state index in [1.807, 2.05) is 26.0 Å². The molecular formula is C23H33FIN3O4. The number of rotatable bonds is 11. The lowest BCUT2D eigenvalue weighted by atomic mass is 10.2. The summed E-state index contributed by atoms with van der Waals surface area (Å²) in [5.74, 6) is 2.20. The molecule has 0 aliphatic heterocycles. The van der Waals surface area contributed by atoms with Crippen LogP contribution in [0, 0.1) is 5.82 Å². The number of hydrogen-bond donors (Lipinski definition) is 2. The van der Waals surface area contributed by atoms with Gasteiger partial charge in [0.05, 0.1) is 34.4 Å². The molecule has 0 saturated heterocycles. The van der Waals surface area contributed by atoms with Crippen molar-refractivity contribution in [2.45, 2.75) is 32.9 Å². The van der Waals surface area contributed by atoms with Crippen LogP contribution in [0.2, 0.25) is 0 Å². The molecule has 2 N–H and O–H groups in total. The summed E-state index contributed by atoms with van der Waals surface area (Å²) < 4.78 is 35.8.